The van der Waals surface area contributed by atoms with Gasteiger partial charge in [0.25, 0.3) is 0 Å². The van der Waals surface area contributed by atoms with Crippen LogP contribution in [0.3, 0.4) is 0 Å². The molecule has 2 rings (SSSR count). The molecule has 0 radical (unpaired) electrons. The molecule has 2 amide bonds. The Balaban J connectivity index is 1.91. The summed E-state index contributed by atoms with van der Waals surface area (Å²) < 4.78 is 4.89. The summed E-state index contributed by atoms with van der Waals surface area (Å²) in [4.78, 5) is 23.3. The van der Waals surface area contributed by atoms with E-state index in [1.807, 2.05) is 0 Å². The summed E-state index contributed by atoms with van der Waals surface area (Å²) in [6, 6.07) is 13.6. The van der Waals surface area contributed by atoms with Crippen molar-refractivity contribution in [3.63, 3.8) is 0 Å². The highest BCUT2D eigenvalue weighted by Gasteiger charge is 2.07. The summed E-state index contributed by atoms with van der Waals surface area (Å²) in [6.45, 7) is 2.13. The zero-order valence-electron chi connectivity index (χ0n) is 12.6. The van der Waals surface area contributed by atoms with Gasteiger partial charge >= 0.3 is 12.0 Å². The second-order valence-corrected chi connectivity index (χ2v) is 5.14. The van der Waals surface area contributed by atoms with Crippen molar-refractivity contribution in [3.8, 4) is 0 Å². The van der Waals surface area contributed by atoms with E-state index in [0.29, 0.717) is 23.0 Å². The fourth-order valence-electron chi connectivity index (χ4n) is 1.93. The summed E-state index contributed by atoms with van der Waals surface area (Å²) in [5, 5.41) is 5.83. The Morgan fingerprint density at radius 3 is 2.39 bits per heavy atom. The van der Waals surface area contributed by atoms with Crippen molar-refractivity contribution < 1.29 is 14.3 Å². The van der Waals surface area contributed by atoms with Gasteiger partial charge in [-0.05, 0) is 36.8 Å². The molecule has 0 aliphatic carbocycles. The van der Waals surface area contributed by atoms with E-state index in [9.17, 15) is 9.59 Å². The SMILES string of the molecule is CCOC(=O)Cc1ccc(NC(=O)Nc2ccccc2Cl)cc1. The molecule has 2 N–H and O–H groups in total. The minimum Gasteiger partial charge on any atom is -0.466 e. The summed E-state index contributed by atoms with van der Waals surface area (Å²) >= 11 is 5.98. The van der Waals surface area contributed by atoms with Gasteiger partial charge < -0.3 is 15.4 Å². The number of benzene rings is 2. The van der Waals surface area contributed by atoms with Crippen molar-refractivity contribution in [2.45, 2.75) is 13.3 Å². The number of carbonyl (C=O) groups excluding carboxylic acids is 2. The highest BCUT2D eigenvalue weighted by atomic mass is 35.5. The topological polar surface area (TPSA) is 67.4 Å². The molecule has 120 valence electrons. The minimum absolute atomic E-state index is 0.208. The van der Waals surface area contributed by atoms with Gasteiger partial charge in [0.2, 0.25) is 0 Å². The van der Waals surface area contributed by atoms with E-state index in [0.717, 1.165) is 5.56 Å². The second-order valence-electron chi connectivity index (χ2n) is 4.74. The lowest BCUT2D eigenvalue weighted by Crippen LogP contribution is -2.19. The van der Waals surface area contributed by atoms with Gasteiger partial charge in [-0.25, -0.2) is 4.79 Å². The number of ether oxygens (including phenoxy) is 1. The number of nitrogens with one attached hydrogen (secondary N) is 2. The summed E-state index contributed by atoms with van der Waals surface area (Å²) in [5.41, 5.74) is 1.97. The van der Waals surface area contributed by atoms with E-state index in [2.05, 4.69) is 10.6 Å². The maximum atomic E-state index is 11.9. The lowest BCUT2D eigenvalue weighted by atomic mass is 10.1. The third-order valence-electron chi connectivity index (χ3n) is 2.99. The van der Waals surface area contributed by atoms with E-state index < -0.39 is 6.03 Å². The van der Waals surface area contributed by atoms with Crippen molar-refractivity contribution in [2.75, 3.05) is 17.2 Å². The number of hydrogen-bond donors (Lipinski definition) is 2. The molecule has 0 aliphatic heterocycles. The predicted molar refractivity (Wildman–Crippen MR) is 90.9 cm³/mol. The number of para-hydroxylation sites is 1. The predicted octanol–water partition coefficient (Wildman–Crippen LogP) is 4.09. The third-order valence-corrected chi connectivity index (χ3v) is 3.32. The van der Waals surface area contributed by atoms with Crippen LogP contribution in [-0.4, -0.2) is 18.6 Å². The van der Waals surface area contributed by atoms with Crippen LogP contribution in [0, 0.1) is 0 Å². The Kier molecular flexibility index (Phi) is 6.00. The fourth-order valence-corrected chi connectivity index (χ4v) is 2.11. The highest BCUT2D eigenvalue weighted by Crippen LogP contribution is 2.20. The van der Waals surface area contributed by atoms with Gasteiger partial charge in [-0.3, -0.25) is 4.79 Å². The van der Waals surface area contributed by atoms with Crippen LogP contribution >= 0.6 is 11.6 Å². The molecule has 0 aliphatic rings. The van der Waals surface area contributed by atoms with E-state index >= 15 is 0 Å². The Labute approximate surface area is 139 Å². The first-order valence-electron chi connectivity index (χ1n) is 7.15. The monoisotopic (exact) mass is 332 g/mol. The highest BCUT2D eigenvalue weighted by molar-refractivity contribution is 6.33. The molecule has 0 bridgehead atoms. The van der Waals surface area contributed by atoms with Crippen molar-refractivity contribution >= 4 is 35.0 Å². The number of hydrogen-bond acceptors (Lipinski definition) is 3. The molecule has 0 fully saturated rings. The van der Waals surface area contributed by atoms with Crippen molar-refractivity contribution in [2.24, 2.45) is 0 Å². The van der Waals surface area contributed by atoms with Crippen LogP contribution in [-0.2, 0) is 16.0 Å². The lowest BCUT2D eigenvalue weighted by molar-refractivity contribution is -0.142. The third kappa shape index (κ3) is 5.30. The molecular formula is C17H17ClN2O3. The van der Waals surface area contributed by atoms with Crippen LogP contribution in [0.25, 0.3) is 0 Å². The van der Waals surface area contributed by atoms with E-state index in [1.165, 1.54) is 0 Å². The first kappa shape index (κ1) is 16.8. The first-order valence-corrected chi connectivity index (χ1v) is 7.53. The zero-order valence-corrected chi connectivity index (χ0v) is 13.4. The molecule has 0 saturated heterocycles. The van der Waals surface area contributed by atoms with Crippen molar-refractivity contribution in [3.05, 3.63) is 59.1 Å². The molecule has 0 unspecified atom stereocenters. The number of amides is 2. The van der Waals surface area contributed by atoms with E-state index in [-0.39, 0.29) is 12.4 Å². The van der Waals surface area contributed by atoms with Gasteiger partial charge in [-0.2, -0.15) is 0 Å². The maximum Gasteiger partial charge on any atom is 0.323 e. The molecule has 0 aromatic heterocycles. The average molecular weight is 333 g/mol. The molecule has 23 heavy (non-hydrogen) atoms. The Morgan fingerprint density at radius 2 is 1.74 bits per heavy atom. The van der Waals surface area contributed by atoms with E-state index in [1.54, 1.807) is 55.5 Å². The molecular weight excluding hydrogens is 316 g/mol. The number of esters is 1. The van der Waals surface area contributed by atoms with Crippen LogP contribution in [0.1, 0.15) is 12.5 Å². The molecule has 6 heteroatoms. The van der Waals surface area contributed by atoms with E-state index in [4.69, 9.17) is 16.3 Å². The van der Waals surface area contributed by atoms with Gasteiger partial charge in [0.1, 0.15) is 0 Å². The standard InChI is InChI=1S/C17H17ClN2O3/c1-2-23-16(21)11-12-7-9-13(10-8-12)19-17(22)20-15-6-4-3-5-14(15)18/h3-10H,2,11H2,1H3,(H2,19,20,22). The Morgan fingerprint density at radius 1 is 1.04 bits per heavy atom. The fraction of sp³-hybridized carbons (Fsp3) is 0.176. The van der Waals surface area contributed by atoms with Crippen molar-refractivity contribution in [1.82, 2.24) is 0 Å². The molecule has 2 aromatic rings. The van der Waals surface area contributed by atoms with Gasteiger partial charge in [0, 0.05) is 5.69 Å². The van der Waals surface area contributed by atoms with Crippen LogP contribution in [0.4, 0.5) is 16.2 Å². The van der Waals surface area contributed by atoms with Crippen LogP contribution in [0.15, 0.2) is 48.5 Å². The minimum atomic E-state index is -0.392. The average Bonchev–Trinajstić information content (AvgIpc) is 2.52. The largest absolute Gasteiger partial charge is 0.466 e. The maximum absolute atomic E-state index is 11.9. The summed E-state index contributed by atoms with van der Waals surface area (Å²) in [7, 11) is 0. The summed E-state index contributed by atoms with van der Waals surface area (Å²) in [6.07, 6.45) is 0.208. The molecule has 5 nitrogen and oxygen atoms in total. The zero-order chi connectivity index (χ0) is 16.7. The van der Waals surface area contributed by atoms with Crippen LogP contribution in [0.5, 0.6) is 0 Å². The molecule has 0 atom stereocenters. The number of carbonyl (C=O) groups is 2. The molecule has 0 saturated carbocycles. The quantitative estimate of drug-likeness (QED) is 0.810. The smallest absolute Gasteiger partial charge is 0.323 e. The number of urea groups is 1. The molecule has 0 heterocycles. The van der Waals surface area contributed by atoms with Crippen LogP contribution in [0.2, 0.25) is 5.02 Å². The Hall–Kier alpha value is -2.53. The molecule has 0 spiro atoms. The normalized spacial score (nSPS) is 10.0. The van der Waals surface area contributed by atoms with Crippen LogP contribution < -0.4 is 10.6 Å². The van der Waals surface area contributed by atoms with Gasteiger partial charge in [0.05, 0.1) is 23.7 Å². The van der Waals surface area contributed by atoms with Gasteiger partial charge in [-0.15, -0.1) is 0 Å². The number of rotatable bonds is 5. The molecule has 2 aromatic carbocycles. The Bertz CT molecular complexity index is 686. The first-order chi connectivity index (χ1) is 11.1. The van der Waals surface area contributed by atoms with Gasteiger partial charge in [-0.1, -0.05) is 35.9 Å². The number of anilines is 2. The lowest BCUT2D eigenvalue weighted by Gasteiger charge is -2.09. The van der Waals surface area contributed by atoms with Crippen molar-refractivity contribution in [1.29, 1.82) is 0 Å². The number of halogens is 1. The summed E-state index contributed by atoms with van der Waals surface area (Å²) in [5.74, 6) is -0.273. The van der Waals surface area contributed by atoms with Gasteiger partial charge in [0.15, 0.2) is 0 Å². The second kappa shape index (κ2) is 8.19.